The highest BCUT2D eigenvalue weighted by molar-refractivity contribution is 5.98. The predicted octanol–water partition coefficient (Wildman–Crippen LogP) is 2.98. The van der Waals surface area contributed by atoms with Crippen LogP contribution < -0.4 is 23.8 Å². The molecule has 9 nitrogen and oxygen atoms in total. The van der Waals surface area contributed by atoms with Gasteiger partial charge in [-0.15, -0.1) is 0 Å². The number of amides is 2. The van der Waals surface area contributed by atoms with Crippen LogP contribution in [0.1, 0.15) is 24.4 Å². The Hall–Kier alpha value is -3.46. The zero-order chi connectivity index (χ0) is 25.8. The van der Waals surface area contributed by atoms with Crippen molar-refractivity contribution < 1.29 is 28.5 Å². The smallest absolute Gasteiger partial charge is 0.228 e. The molecule has 2 atom stereocenters. The van der Waals surface area contributed by atoms with Gasteiger partial charge in [0, 0.05) is 44.7 Å². The summed E-state index contributed by atoms with van der Waals surface area (Å²) in [5, 5.41) is 0. The summed E-state index contributed by atoms with van der Waals surface area (Å²) < 4.78 is 21.9. The molecule has 0 aliphatic carbocycles. The Morgan fingerprint density at radius 2 is 1.47 bits per heavy atom. The predicted molar refractivity (Wildman–Crippen MR) is 136 cm³/mol. The SMILES string of the molecule is COc1ccc([C@@H]2[C@H](C(=O)N3CCN(C)CC3)CCC(=O)N2c2cc(OC)c(OC)c(OC)c2)cc1. The highest BCUT2D eigenvalue weighted by Gasteiger charge is 2.43. The third-order valence-corrected chi connectivity index (χ3v) is 7.11. The van der Waals surface area contributed by atoms with Crippen LogP contribution in [0.3, 0.4) is 0 Å². The van der Waals surface area contributed by atoms with Crippen LogP contribution >= 0.6 is 0 Å². The first-order valence-electron chi connectivity index (χ1n) is 12.1. The average Bonchev–Trinajstić information content (AvgIpc) is 2.92. The van der Waals surface area contributed by atoms with Crippen molar-refractivity contribution in [2.24, 2.45) is 5.92 Å². The molecule has 0 bridgehead atoms. The van der Waals surface area contributed by atoms with Crippen LogP contribution in [0.25, 0.3) is 0 Å². The molecule has 2 fully saturated rings. The minimum Gasteiger partial charge on any atom is -0.497 e. The third kappa shape index (κ3) is 4.93. The lowest BCUT2D eigenvalue weighted by molar-refractivity contribution is -0.139. The molecule has 0 N–H and O–H groups in total. The summed E-state index contributed by atoms with van der Waals surface area (Å²) in [6, 6.07) is 10.6. The highest BCUT2D eigenvalue weighted by atomic mass is 16.5. The van der Waals surface area contributed by atoms with Crippen molar-refractivity contribution in [1.82, 2.24) is 9.80 Å². The normalized spacial score (nSPS) is 20.8. The second-order valence-corrected chi connectivity index (χ2v) is 9.14. The number of piperidine rings is 1. The number of rotatable bonds is 7. The van der Waals surface area contributed by atoms with Gasteiger partial charge in [-0.2, -0.15) is 0 Å². The van der Waals surface area contributed by atoms with E-state index in [0.29, 0.717) is 48.2 Å². The maximum absolute atomic E-state index is 13.9. The number of carbonyl (C=O) groups excluding carboxylic acids is 2. The van der Waals surface area contributed by atoms with Gasteiger partial charge in [-0.3, -0.25) is 9.59 Å². The van der Waals surface area contributed by atoms with Gasteiger partial charge >= 0.3 is 0 Å². The average molecular weight is 498 g/mol. The largest absolute Gasteiger partial charge is 0.497 e. The number of hydrogen-bond donors (Lipinski definition) is 0. The molecule has 2 amide bonds. The Morgan fingerprint density at radius 1 is 0.861 bits per heavy atom. The number of benzene rings is 2. The van der Waals surface area contributed by atoms with Crippen molar-refractivity contribution in [1.29, 1.82) is 0 Å². The number of nitrogens with zero attached hydrogens (tertiary/aromatic N) is 3. The fourth-order valence-electron chi connectivity index (χ4n) is 5.11. The van der Waals surface area contributed by atoms with Crippen molar-refractivity contribution in [2.75, 3.05) is 66.6 Å². The van der Waals surface area contributed by atoms with Crippen LogP contribution in [0.15, 0.2) is 36.4 Å². The van der Waals surface area contributed by atoms with Crippen LogP contribution in [0.5, 0.6) is 23.0 Å². The fourth-order valence-corrected chi connectivity index (χ4v) is 5.11. The first-order chi connectivity index (χ1) is 17.4. The molecular formula is C27H35N3O6. The molecule has 2 aromatic carbocycles. The van der Waals surface area contributed by atoms with E-state index in [-0.39, 0.29) is 18.2 Å². The summed E-state index contributed by atoms with van der Waals surface area (Å²) in [6.07, 6.45) is 0.759. The number of anilines is 1. The molecule has 2 saturated heterocycles. The molecule has 0 saturated carbocycles. The Bertz CT molecular complexity index is 1060. The Balaban J connectivity index is 1.81. The number of carbonyl (C=O) groups is 2. The van der Waals surface area contributed by atoms with Gasteiger partial charge in [-0.25, -0.2) is 0 Å². The molecule has 0 radical (unpaired) electrons. The standard InChI is InChI=1S/C27H35N3O6/c1-28-12-14-29(15-13-28)27(32)21-10-11-24(31)30(25(21)18-6-8-20(33-2)9-7-18)19-16-22(34-3)26(36-5)23(17-19)35-4/h6-9,16-17,21,25H,10-15H2,1-5H3/t21-,25-/m1/s1. The molecule has 194 valence electrons. The quantitative estimate of drug-likeness (QED) is 0.582. The third-order valence-electron chi connectivity index (χ3n) is 7.11. The van der Waals surface area contributed by atoms with E-state index < -0.39 is 12.0 Å². The lowest BCUT2D eigenvalue weighted by Gasteiger charge is -2.43. The summed E-state index contributed by atoms with van der Waals surface area (Å²) in [4.78, 5) is 33.2. The molecule has 2 aliphatic heterocycles. The Labute approximate surface area is 212 Å². The molecule has 0 unspecified atom stereocenters. The van der Waals surface area contributed by atoms with Crippen LogP contribution in [-0.4, -0.2) is 83.3 Å². The number of likely N-dealkylation sites (N-methyl/N-ethyl adjacent to an activating group) is 1. The van der Waals surface area contributed by atoms with Crippen LogP contribution in [0.4, 0.5) is 5.69 Å². The van der Waals surface area contributed by atoms with Crippen molar-refractivity contribution in [3.05, 3.63) is 42.0 Å². The first-order valence-corrected chi connectivity index (χ1v) is 12.1. The van der Waals surface area contributed by atoms with E-state index in [1.54, 1.807) is 38.4 Å². The number of ether oxygens (including phenoxy) is 4. The second-order valence-electron chi connectivity index (χ2n) is 9.14. The van der Waals surface area contributed by atoms with Gasteiger partial charge < -0.3 is 33.6 Å². The van der Waals surface area contributed by atoms with E-state index in [1.807, 2.05) is 29.2 Å². The summed E-state index contributed by atoms with van der Waals surface area (Å²) in [7, 11) is 8.30. The fraction of sp³-hybridized carbons (Fsp3) is 0.481. The monoisotopic (exact) mass is 497 g/mol. The van der Waals surface area contributed by atoms with Gasteiger partial charge in [0.15, 0.2) is 11.5 Å². The Kier molecular flexibility index (Phi) is 7.88. The van der Waals surface area contributed by atoms with E-state index in [1.165, 1.54) is 7.11 Å². The minimum atomic E-state index is -0.493. The van der Waals surface area contributed by atoms with Crippen LogP contribution in [0.2, 0.25) is 0 Å². The van der Waals surface area contributed by atoms with E-state index in [9.17, 15) is 9.59 Å². The molecule has 2 heterocycles. The lowest BCUT2D eigenvalue weighted by Crippen LogP contribution is -2.53. The molecular weight excluding hydrogens is 462 g/mol. The van der Waals surface area contributed by atoms with Crippen molar-refractivity contribution in [3.8, 4) is 23.0 Å². The van der Waals surface area contributed by atoms with Gasteiger partial charge in [0.25, 0.3) is 0 Å². The van der Waals surface area contributed by atoms with Crippen molar-refractivity contribution >= 4 is 17.5 Å². The van der Waals surface area contributed by atoms with Gasteiger partial charge in [-0.1, -0.05) is 12.1 Å². The summed E-state index contributed by atoms with van der Waals surface area (Å²) in [5.41, 5.74) is 1.45. The van der Waals surface area contributed by atoms with Crippen LogP contribution in [-0.2, 0) is 9.59 Å². The van der Waals surface area contributed by atoms with Crippen molar-refractivity contribution in [3.63, 3.8) is 0 Å². The second kappa shape index (κ2) is 11.1. The van der Waals surface area contributed by atoms with Gasteiger partial charge in [0.2, 0.25) is 17.6 Å². The molecule has 2 aromatic rings. The molecule has 9 heteroatoms. The lowest BCUT2D eigenvalue weighted by atomic mass is 9.82. The Morgan fingerprint density at radius 3 is 2.00 bits per heavy atom. The molecule has 2 aliphatic rings. The van der Waals surface area contributed by atoms with Gasteiger partial charge in [0.1, 0.15) is 5.75 Å². The topological polar surface area (TPSA) is 80.8 Å². The van der Waals surface area contributed by atoms with Crippen LogP contribution in [0, 0.1) is 5.92 Å². The van der Waals surface area contributed by atoms with Gasteiger partial charge in [-0.05, 0) is 31.2 Å². The molecule has 4 rings (SSSR count). The highest BCUT2D eigenvalue weighted by Crippen LogP contribution is 2.46. The summed E-state index contributed by atoms with van der Waals surface area (Å²) in [5.74, 6) is 1.67. The summed E-state index contributed by atoms with van der Waals surface area (Å²) >= 11 is 0. The van der Waals surface area contributed by atoms with E-state index >= 15 is 0 Å². The van der Waals surface area contributed by atoms with Gasteiger partial charge in [0.05, 0.1) is 46.1 Å². The summed E-state index contributed by atoms with van der Waals surface area (Å²) in [6.45, 7) is 3.03. The first kappa shape index (κ1) is 25.6. The number of methoxy groups -OCH3 is 4. The van der Waals surface area contributed by atoms with E-state index in [2.05, 4.69) is 11.9 Å². The zero-order valence-corrected chi connectivity index (χ0v) is 21.7. The number of hydrogen-bond acceptors (Lipinski definition) is 7. The number of piperazine rings is 1. The molecule has 0 spiro atoms. The molecule has 0 aromatic heterocycles. The maximum Gasteiger partial charge on any atom is 0.228 e. The minimum absolute atomic E-state index is 0.0625. The van der Waals surface area contributed by atoms with E-state index in [0.717, 1.165) is 18.7 Å². The molecule has 36 heavy (non-hydrogen) atoms. The van der Waals surface area contributed by atoms with E-state index in [4.69, 9.17) is 18.9 Å². The maximum atomic E-state index is 13.9. The van der Waals surface area contributed by atoms with Crippen molar-refractivity contribution in [2.45, 2.75) is 18.9 Å². The zero-order valence-electron chi connectivity index (χ0n) is 21.7.